The van der Waals surface area contributed by atoms with Crippen molar-refractivity contribution in [2.24, 2.45) is 0 Å². The number of phosphoric ester groups is 1. The third kappa shape index (κ3) is 5.09. The Hall–Kier alpha value is -2.37. The fraction of sp³-hybridized carbons (Fsp3) is 0.214. The van der Waals surface area contributed by atoms with Crippen molar-refractivity contribution < 1.29 is 28.4 Å². The second kappa shape index (κ2) is 7.26. The number of nitrogens with one attached hydrogen (secondary N) is 1. The molecule has 23 heavy (non-hydrogen) atoms. The SMILES string of the molecule is CCOc1ccc(NC2=CCC(=[N+]=[N-])C=C2OP(=O)(O)O)cc1. The number of hydrogen-bond acceptors (Lipinski definition) is 4. The number of allylic oxidation sites excluding steroid dienone is 2. The molecule has 0 aromatic heterocycles. The number of anilines is 1. The molecule has 2 rings (SSSR count). The molecule has 1 aliphatic rings. The number of hydrogen-bond donors (Lipinski definition) is 3. The van der Waals surface area contributed by atoms with Crippen molar-refractivity contribution in [2.45, 2.75) is 13.3 Å². The van der Waals surface area contributed by atoms with Gasteiger partial charge in [0.15, 0.2) is 5.76 Å². The Labute approximate surface area is 132 Å². The van der Waals surface area contributed by atoms with E-state index in [1.165, 1.54) is 6.08 Å². The average molecular weight is 337 g/mol. The average Bonchev–Trinajstić information content (AvgIpc) is 2.49. The van der Waals surface area contributed by atoms with E-state index in [4.69, 9.17) is 20.1 Å². The monoisotopic (exact) mass is 337 g/mol. The minimum Gasteiger partial charge on any atom is -0.494 e. The zero-order valence-corrected chi connectivity index (χ0v) is 13.2. The lowest BCUT2D eigenvalue weighted by Crippen LogP contribution is -2.12. The molecule has 0 saturated heterocycles. The molecule has 0 atom stereocenters. The molecular formula is C14H16N3O5P. The molecule has 1 aromatic rings. The first-order valence-corrected chi connectivity index (χ1v) is 8.32. The first kappa shape index (κ1) is 17.0. The molecule has 0 aliphatic heterocycles. The second-order valence-corrected chi connectivity index (χ2v) is 5.75. The van der Waals surface area contributed by atoms with Crippen LogP contribution in [0.5, 0.6) is 5.75 Å². The fourth-order valence-electron chi connectivity index (χ4n) is 1.94. The Kier molecular flexibility index (Phi) is 5.36. The predicted molar refractivity (Wildman–Crippen MR) is 83.8 cm³/mol. The van der Waals surface area contributed by atoms with Crippen LogP contribution in [0.25, 0.3) is 5.53 Å². The summed E-state index contributed by atoms with van der Waals surface area (Å²) in [6, 6.07) is 7.05. The molecule has 122 valence electrons. The lowest BCUT2D eigenvalue weighted by atomic mass is 10.1. The first-order valence-electron chi connectivity index (χ1n) is 6.79. The van der Waals surface area contributed by atoms with Gasteiger partial charge in [0.25, 0.3) is 5.71 Å². The normalized spacial score (nSPS) is 14.5. The summed E-state index contributed by atoms with van der Waals surface area (Å²) in [5.74, 6) is 0.610. The first-order chi connectivity index (χ1) is 10.9. The molecule has 9 heteroatoms. The van der Waals surface area contributed by atoms with Crippen LogP contribution in [0, 0.1) is 0 Å². The van der Waals surface area contributed by atoms with Crippen LogP contribution < -0.4 is 10.1 Å². The van der Waals surface area contributed by atoms with Gasteiger partial charge in [-0.05, 0) is 37.3 Å². The van der Waals surface area contributed by atoms with Crippen LogP contribution in [0.4, 0.5) is 5.69 Å². The number of nitrogens with zero attached hydrogens (tertiary/aromatic N) is 2. The van der Waals surface area contributed by atoms with Crippen molar-refractivity contribution in [3.63, 3.8) is 0 Å². The Bertz CT molecular complexity index is 729. The maximum absolute atomic E-state index is 11.1. The molecule has 0 radical (unpaired) electrons. The predicted octanol–water partition coefficient (Wildman–Crippen LogP) is 2.45. The molecule has 0 spiro atoms. The van der Waals surface area contributed by atoms with Crippen LogP contribution in [0.1, 0.15) is 13.3 Å². The highest BCUT2D eigenvalue weighted by molar-refractivity contribution is 7.46. The van der Waals surface area contributed by atoms with Crippen LogP contribution >= 0.6 is 7.82 Å². The van der Waals surface area contributed by atoms with Crippen molar-refractivity contribution in [2.75, 3.05) is 11.9 Å². The standard InChI is InChI=1S/C14H16N3O5P/c1-2-21-12-6-3-10(4-7-12)16-13-8-5-11(17-15)9-14(13)22-23(18,19)20/h3-4,6-9,16H,2,5H2,1H3,(H2,18,19,20). The van der Waals surface area contributed by atoms with Crippen LogP contribution in [-0.4, -0.2) is 26.9 Å². The van der Waals surface area contributed by atoms with E-state index in [0.29, 0.717) is 30.2 Å². The Morgan fingerprint density at radius 2 is 2.04 bits per heavy atom. The minimum absolute atomic E-state index is 0.105. The minimum atomic E-state index is -4.74. The van der Waals surface area contributed by atoms with Crippen molar-refractivity contribution >= 4 is 19.2 Å². The summed E-state index contributed by atoms with van der Waals surface area (Å²) in [7, 11) is -4.74. The molecule has 1 aliphatic carbocycles. The molecule has 0 fully saturated rings. The summed E-state index contributed by atoms with van der Waals surface area (Å²) < 4.78 is 21.0. The van der Waals surface area contributed by atoms with E-state index in [2.05, 4.69) is 14.6 Å². The van der Waals surface area contributed by atoms with Crippen LogP contribution in [-0.2, 0) is 9.09 Å². The molecule has 0 unspecified atom stereocenters. The lowest BCUT2D eigenvalue weighted by molar-refractivity contribution is -0.00565. The van der Waals surface area contributed by atoms with Crippen LogP contribution in [0.3, 0.4) is 0 Å². The quantitative estimate of drug-likeness (QED) is 0.416. The van der Waals surface area contributed by atoms with E-state index in [0.717, 1.165) is 0 Å². The van der Waals surface area contributed by atoms with Crippen LogP contribution in [0.2, 0.25) is 0 Å². The Balaban J connectivity index is 2.19. The van der Waals surface area contributed by atoms with E-state index in [-0.39, 0.29) is 11.5 Å². The zero-order chi connectivity index (χ0) is 16.9. The Morgan fingerprint density at radius 1 is 1.35 bits per heavy atom. The molecule has 3 N–H and O–H groups in total. The van der Waals surface area contributed by atoms with Gasteiger partial charge in [0, 0.05) is 5.69 Å². The van der Waals surface area contributed by atoms with E-state index in [1.807, 2.05) is 6.92 Å². The number of phosphoric acid groups is 1. The van der Waals surface area contributed by atoms with Crippen molar-refractivity contribution in [1.29, 1.82) is 0 Å². The Morgan fingerprint density at radius 3 is 2.61 bits per heavy atom. The highest BCUT2D eigenvalue weighted by Gasteiger charge is 2.25. The van der Waals surface area contributed by atoms with Gasteiger partial charge in [-0.3, -0.25) is 9.79 Å². The van der Waals surface area contributed by atoms with Gasteiger partial charge in [-0.2, -0.15) is 4.79 Å². The molecule has 1 aromatic carbocycles. The summed E-state index contributed by atoms with van der Waals surface area (Å²) in [4.78, 5) is 21.0. The van der Waals surface area contributed by atoms with E-state index >= 15 is 0 Å². The van der Waals surface area contributed by atoms with Gasteiger partial charge in [0.2, 0.25) is 0 Å². The second-order valence-electron chi connectivity index (χ2n) is 4.59. The van der Waals surface area contributed by atoms with Gasteiger partial charge < -0.3 is 20.1 Å². The van der Waals surface area contributed by atoms with Gasteiger partial charge in [0.05, 0.1) is 24.8 Å². The highest BCUT2D eigenvalue weighted by Crippen LogP contribution is 2.41. The van der Waals surface area contributed by atoms with Crippen molar-refractivity contribution in [3.05, 3.63) is 53.4 Å². The molecule has 0 bridgehead atoms. The van der Waals surface area contributed by atoms with Gasteiger partial charge in [-0.1, -0.05) is 0 Å². The molecule has 0 saturated carbocycles. The summed E-state index contributed by atoms with van der Waals surface area (Å²) in [5, 5.41) is 3.00. The highest BCUT2D eigenvalue weighted by atomic mass is 31.2. The molecular weight excluding hydrogens is 321 g/mol. The number of benzene rings is 1. The third-order valence-corrected chi connectivity index (χ3v) is 3.30. The summed E-state index contributed by atoms with van der Waals surface area (Å²) in [5.41, 5.74) is 10.1. The lowest BCUT2D eigenvalue weighted by Gasteiger charge is -2.18. The smallest absolute Gasteiger partial charge is 0.494 e. The van der Waals surface area contributed by atoms with Crippen LogP contribution in [0.15, 0.2) is 47.9 Å². The van der Waals surface area contributed by atoms with E-state index in [1.54, 1.807) is 30.3 Å². The largest absolute Gasteiger partial charge is 0.524 e. The van der Waals surface area contributed by atoms with Gasteiger partial charge >= 0.3 is 7.82 Å². The van der Waals surface area contributed by atoms with E-state index < -0.39 is 7.82 Å². The van der Waals surface area contributed by atoms with E-state index in [9.17, 15) is 4.57 Å². The van der Waals surface area contributed by atoms with Gasteiger partial charge in [0.1, 0.15) is 5.75 Å². The van der Waals surface area contributed by atoms with Crippen molar-refractivity contribution in [3.8, 4) is 5.75 Å². The topological polar surface area (TPSA) is 124 Å². The van der Waals surface area contributed by atoms with Crippen molar-refractivity contribution in [1.82, 2.24) is 0 Å². The summed E-state index contributed by atoms with van der Waals surface area (Å²) in [6.45, 7) is 2.44. The zero-order valence-electron chi connectivity index (χ0n) is 12.3. The molecule has 8 nitrogen and oxygen atoms in total. The number of rotatable bonds is 6. The summed E-state index contributed by atoms with van der Waals surface area (Å²) in [6.07, 6.45) is 3.16. The van der Waals surface area contributed by atoms with Gasteiger partial charge in [-0.15, -0.1) is 0 Å². The maximum Gasteiger partial charge on any atom is 0.524 e. The fourth-order valence-corrected chi connectivity index (χ4v) is 2.35. The number of ether oxygens (including phenoxy) is 1. The third-order valence-electron chi connectivity index (χ3n) is 2.87. The van der Waals surface area contributed by atoms with Gasteiger partial charge in [-0.25, -0.2) is 4.57 Å². The summed E-state index contributed by atoms with van der Waals surface area (Å²) >= 11 is 0. The maximum atomic E-state index is 11.1. The molecule has 0 heterocycles. The molecule has 0 amide bonds.